The maximum Gasteiger partial charge on any atom is 0.339 e. The summed E-state index contributed by atoms with van der Waals surface area (Å²) in [5, 5.41) is 0.983. The number of nitrogens with zero attached hydrogens (tertiary/aromatic N) is 1. The summed E-state index contributed by atoms with van der Waals surface area (Å²) in [6.45, 7) is 5.07. The molecule has 0 saturated heterocycles. The fourth-order valence-corrected chi connectivity index (χ4v) is 3.65. The van der Waals surface area contributed by atoms with E-state index in [1.165, 1.54) is 0 Å². The van der Waals surface area contributed by atoms with Crippen LogP contribution >= 0.6 is 15.9 Å². The van der Waals surface area contributed by atoms with Gasteiger partial charge in [-0.25, -0.2) is 4.79 Å². The highest BCUT2D eigenvalue weighted by atomic mass is 79.9. The van der Waals surface area contributed by atoms with Gasteiger partial charge >= 0.3 is 5.63 Å². The Morgan fingerprint density at radius 3 is 2.64 bits per heavy atom. The van der Waals surface area contributed by atoms with Gasteiger partial charge in [0.05, 0.1) is 12.1 Å². The molecule has 0 spiro atoms. The van der Waals surface area contributed by atoms with E-state index in [4.69, 9.17) is 9.15 Å². The third kappa shape index (κ3) is 2.72. The Labute approximate surface area is 154 Å². The summed E-state index contributed by atoms with van der Waals surface area (Å²) < 4.78 is 12.6. The highest BCUT2D eigenvalue weighted by Gasteiger charge is 2.23. The van der Waals surface area contributed by atoms with Gasteiger partial charge in [-0.05, 0) is 55.3 Å². The number of halogens is 1. The second-order valence-electron chi connectivity index (χ2n) is 6.21. The SMILES string of the molecule is CCc1c(C)c2ccc3c(c2oc1=O)CN(c1ccc(Br)cc1)CO3. The molecule has 1 aliphatic rings. The number of aryl methyl sites for hydroxylation is 1. The number of anilines is 1. The minimum atomic E-state index is -0.248. The molecule has 0 aliphatic carbocycles. The van der Waals surface area contributed by atoms with Crippen molar-refractivity contribution in [1.82, 2.24) is 0 Å². The van der Waals surface area contributed by atoms with Crippen LogP contribution in [-0.4, -0.2) is 6.73 Å². The van der Waals surface area contributed by atoms with Crippen LogP contribution in [0, 0.1) is 6.92 Å². The van der Waals surface area contributed by atoms with Gasteiger partial charge in [-0.3, -0.25) is 0 Å². The van der Waals surface area contributed by atoms with Crippen LogP contribution in [0.5, 0.6) is 5.75 Å². The third-order valence-corrected chi connectivity index (χ3v) is 5.31. The summed E-state index contributed by atoms with van der Waals surface area (Å²) in [6.07, 6.45) is 0.669. The molecule has 3 aromatic rings. The highest BCUT2D eigenvalue weighted by molar-refractivity contribution is 9.10. The molecule has 25 heavy (non-hydrogen) atoms. The molecule has 0 N–H and O–H groups in total. The minimum Gasteiger partial charge on any atom is -0.473 e. The Morgan fingerprint density at radius 1 is 1.16 bits per heavy atom. The Bertz CT molecular complexity index is 1010. The average molecular weight is 400 g/mol. The lowest BCUT2D eigenvalue weighted by molar-refractivity contribution is 0.289. The Hall–Kier alpha value is -2.27. The van der Waals surface area contributed by atoms with Crippen LogP contribution in [0.15, 0.2) is 50.1 Å². The monoisotopic (exact) mass is 399 g/mol. The predicted octanol–water partition coefficient (Wildman–Crippen LogP) is 4.78. The molecule has 128 valence electrons. The summed E-state index contributed by atoms with van der Waals surface area (Å²) >= 11 is 3.46. The number of hydrogen-bond acceptors (Lipinski definition) is 4. The molecule has 0 unspecified atom stereocenters. The smallest absolute Gasteiger partial charge is 0.339 e. The fourth-order valence-electron chi connectivity index (χ4n) is 3.39. The van der Waals surface area contributed by atoms with E-state index in [9.17, 15) is 4.79 Å². The molecule has 2 heterocycles. The van der Waals surface area contributed by atoms with Crippen LogP contribution in [0.3, 0.4) is 0 Å². The molecule has 1 aliphatic heterocycles. The van der Waals surface area contributed by atoms with Crippen molar-refractivity contribution in [3.8, 4) is 5.75 Å². The lowest BCUT2D eigenvalue weighted by Crippen LogP contribution is -2.32. The lowest BCUT2D eigenvalue weighted by Gasteiger charge is -2.31. The van der Waals surface area contributed by atoms with Crippen molar-refractivity contribution >= 4 is 32.6 Å². The van der Waals surface area contributed by atoms with E-state index in [2.05, 4.69) is 20.8 Å². The van der Waals surface area contributed by atoms with E-state index < -0.39 is 0 Å². The van der Waals surface area contributed by atoms with Gasteiger partial charge in [0.15, 0.2) is 6.73 Å². The quantitative estimate of drug-likeness (QED) is 0.581. The molecule has 4 rings (SSSR count). The molecule has 5 heteroatoms. The van der Waals surface area contributed by atoms with Gasteiger partial charge in [0.1, 0.15) is 11.3 Å². The van der Waals surface area contributed by atoms with Gasteiger partial charge in [0, 0.05) is 21.1 Å². The van der Waals surface area contributed by atoms with Gasteiger partial charge in [0.2, 0.25) is 0 Å². The summed E-state index contributed by atoms with van der Waals surface area (Å²) in [5.41, 5.74) is 4.12. The first-order chi connectivity index (χ1) is 12.1. The molecule has 0 amide bonds. The molecular formula is C20H18BrNO3. The fraction of sp³-hybridized carbons (Fsp3) is 0.250. The third-order valence-electron chi connectivity index (χ3n) is 4.79. The van der Waals surface area contributed by atoms with E-state index in [0.29, 0.717) is 25.3 Å². The molecule has 0 radical (unpaired) electrons. The van der Waals surface area contributed by atoms with Gasteiger partial charge in [-0.2, -0.15) is 0 Å². The summed E-state index contributed by atoms with van der Waals surface area (Å²) in [5.74, 6) is 0.785. The van der Waals surface area contributed by atoms with Crippen molar-refractivity contribution in [2.45, 2.75) is 26.8 Å². The van der Waals surface area contributed by atoms with Crippen LogP contribution < -0.4 is 15.3 Å². The summed E-state index contributed by atoms with van der Waals surface area (Å²) in [7, 11) is 0. The normalized spacial score (nSPS) is 13.6. The zero-order valence-electron chi connectivity index (χ0n) is 14.1. The van der Waals surface area contributed by atoms with Crippen molar-refractivity contribution in [3.63, 3.8) is 0 Å². The second kappa shape index (κ2) is 6.23. The molecule has 2 aromatic carbocycles. The van der Waals surface area contributed by atoms with E-state index in [1.54, 1.807) is 0 Å². The van der Waals surface area contributed by atoms with Gasteiger partial charge < -0.3 is 14.1 Å². The van der Waals surface area contributed by atoms with Crippen molar-refractivity contribution in [1.29, 1.82) is 0 Å². The van der Waals surface area contributed by atoms with Crippen LogP contribution in [0.4, 0.5) is 5.69 Å². The van der Waals surface area contributed by atoms with Crippen LogP contribution in [0.1, 0.15) is 23.6 Å². The Balaban J connectivity index is 1.84. The summed E-state index contributed by atoms with van der Waals surface area (Å²) in [4.78, 5) is 14.5. The van der Waals surface area contributed by atoms with Crippen molar-refractivity contribution in [2.75, 3.05) is 11.6 Å². The molecule has 4 nitrogen and oxygen atoms in total. The molecule has 0 saturated carbocycles. The van der Waals surface area contributed by atoms with Crippen molar-refractivity contribution in [3.05, 3.63) is 68.0 Å². The van der Waals surface area contributed by atoms with Gasteiger partial charge in [0.25, 0.3) is 0 Å². The maximum atomic E-state index is 12.3. The van der Waals surface area contributed by atoms with E-state index in [-0.39, 0.29) is 5.63 Å². The van der Waals surface area contributed by atoms with Crippen LogP contribution in [0.2, 0.25) is 0 Å². The topological polar surface area (TPSA) is 42.7 Å². The lowest BCUT2D eigenvalue weighted by atomic mass is 10.0. The highest BCUT2D eigenvalue weighted by Crippen LogP contribution is 2.35. The van der Waals surface area contributed by atoms with E-state index >= 15 is 0 Å². The first-order valence-electron chi connectivity index (χ1n) is 8.30. The molecule has 0 bridgehead atoms. The number of hydrogen-bond donors (Lipinski definition) is 0. The molecule has 0 fully saturated rings. The Morgan fingerprint density at radius 2 is 1.92 bits per heavy atom. The zero-order valence-corrected chi connectivity index (χ0v) is 15.7. The molecular weight excluding hydrogens is 382 g/mol. The second-order valence-corrected chi connectivity index (χ2v) is 7.13. The first kappa shape index (κ1) is 16.2. The first-order valence-corrected chi connectivity index (χ1v) is 9.09. The predicted molar refractivity (Wildman–Crippen MR) is 102 cm³/mol. The Kier molecular flexibility index (Phi) is 4.04. The number of rotatable bonds is 2. The minimum absolute atomic E-state index is 0.248. The van der Waals surface area contributed by atoms with E-state index in [1.807, 2.05) is 50.2 Å². The number of ether oxygens (including phenoxy) is 1. The van der Waals surface area contributed by atoms with E-state index in [0.717, 1.165) is 38.0 Å². The van der Waals surface area contributed by atoms with Gasteiger partial charge in [-0.1, -0.05) is 22.9 Å². The zero-order chi connectivity index (χ0) is 17.6. The molecule has 1 aromatic heterocycles. The van der Waals surface area contributed by atoms with Crippen molar-refractivity contribution < 1.29 is 9.15 Å². The molecule has 0 atom stereocenters. The summed E-state index contributed by atoms with van der Waals surface area (Å²) in [6, 6.07) is 12.1. The largest absolute Gasteiger partial charge is 0.473 e. The number of benzene rings is 2. The van der Waals surface area contributed by atoms with Crippen LogP contribution in [0.25, 0.3) is 11.0 Å². The van der Waals surface area contributed by atoms with Gasteiger partial charge in [-0.15, -0.1) is 0 Å². The standard InChI is InChI=1S/C20H18BrNO3/c1-3-15-12(2)16-8-9-18-17(19(16)25-20(15)23)10-22(11-24-18)14-6-4-13(21)5-7-14/h4-9H,3,10-11H2,1-2H3. The maximum absolute atomic E-state index is 12.3. The average Bonchev–Trinajstić information content (AvgIpc) is 2.62. The van der Waals surface area contributed by atoms with Crippen LogP contribution in [-0.2, 0) is 13.0 Å². The van der Waals surface area contributed by atoms with Crippen molar-refractivity contribution in [2.24, 2.45) is 0 Å². The number of fused-ring (bicyclic) bond motifs is 3.